The van der Waals surface area contributed by atoms with Crippen LogP contribution in [0.5, 0.6) is 0 Å². The van der Waals surface area contributed by atoms with Crippen molar-refractivity contribution in [1.29, 1.82) is 0 Å². The Morgan fingerprint density at radius 2 is 2.06 bits per heavy atom. The Balaban J connectivity index is 1.94. The fraction of sp³-hybridized carbons (Fsp3) is 0.250. The smallest absolute Gasteiger partial charge is 0.123 e. The predicted octanol–water partition coefficient (Wildman–Crippen LogP) is 3.58. The molecule has 2 rings (SSSR count). The van der Waals surface area contributed by atoms with Crippen LogP contribution in [0.25, 0.3) is 0 Å². The Morgan fingerprint density at radius 3 is 2.69 bits per heavy atom. The zero-order valence-electron chi connectivity index (χ0n) is 9.14. The van der Waals surface area contributed by atoms with Gasteiger partial charge in [-0.05, 0) is 30.7 Å². The van der Waals surface area contributed by atoms with Crippen molar-refractivity contribution in [1.82, 2.24) is 4.98 Å². The maximum atomic E-state index is 5.54. The summed E-state index contributed by atoms with van der Waals surface area (Å²) in [5.74, 6) is 1.59. The Kier molecular flexibility index (Phi) is 3.85. The number of nitrogen functional groups attached to an aromatic ring is 1. The van der Waals surface area contributed by atoms with E-state index in [-0.39, 0.29) is 0 Å². The molecule has 0 aromatic carbocycles. The SMILES string of the molecule is CCc1ccc(CSc2ccc(N)nc2)s1. The van der Waals surface area contributed by atoms with Gasteiger partial charge in [-0.1, -0.05) is 6.92 Å². The van der Waals surface area contributed by atoms with Gasteiger partial charge in [0.1, 0.15) is 5.82 Å². The molecule has 0 unspecified atom stereocenters. The molecule has 0 aliphatic carbocycles. The standard InChI is InChI=1S/C12H14N2S2/c1-2-9-3-4-11(16-9)8-15-10-5-6-12(13)14-7-10/h3-7H,2,8H2,1H3,(H2,13,14). The average Bonchev–Trinajstić information content (AvgIpc) is 2.76. The summed E-state index contributed by atoms with van der Waals surface area (Å²) >= 11 is 3.69. The first-order valence-electron chi connectivity index (χ1n) is 5.20. The lowest BCUT2D eigenvalue weighted by Crippen LogP contribution is -1.87. The predicted molar refractivity (Wildman–Crippen MR) is 71.9 cm³/mol. The number of nitrogens with two attached hydrogens (primary N) is 1. The monoisotopic (exact) mass is 250 g/mol. The molecule has 2 aromatic rings. The van der Waals surface area contributed by atoms with E-state index in [0.29, 0.717) is 5.82 Å². The van der Waals surface area contributed by atoms with Gasteiger partial charge in [-0.2, -0.15) is 0 Å². The average molecular weight is 250 g/mol. The Bertz CT molecular complexity index is 448. The molecular formula is C12H14N2S2. The van der Waals surface area contributed by atoms with Crippen LogP contribution in [0.15, 0.2) is 35.4 Å². The highest BCUT2D eigenvalue weighted by atomic mass is 32.2. The van der Waals surface area contributed by atoms with Crippen molar-refractivity contribution in [2.75, 3.05) is 5.73 Å². The van der Waals surface area contributed by atoms with Crippen LogP contribution in [-0.2, 0) is 12.2 Å². The molecule has 16 heavy (non-hydrogen) atoms. The number of hydrogen-bond donors (Lipinski definition) is 1. The van der Waals surface area contributed by atoms with E-state index in [1.165, 1.54) is 14.6 Å². The molecule has 0 radical (unpaired) electrons. The zero-order valence-corrected chi connectivity index (χ0v) is 10.8. The third-order valence-electron chi connectivity index (χ3n) is 2.21. The van der Waals surface area contributed by atoms with Crippen LogP contribution >= 0.6 is 23.1 Å². The van der Waals surface area contributed by atoms with Crippen molar-refractivity contribution in [2.24, 2.45) is 0 Å². The van der Waals surface area contributed by atoms with E-state index in [4.69, 9.17) is 5.73 Å². The van der Waals surface area contributed by atoms with Crippen LogP contribution in [0.3, 0.4) is 0 Å². The highest BCUT2D eigenvalue weighted by molar-refractivity contribution is 7.98. The normalized spacial score (nSPS) is 10.6. The van der Waals surface area contributed by atoms with Crippen molar-refractivity contribution < 1.29 is 0 Å². The molecule has 0 spiro atoms. The van der Waals surface area contributed by atoms with Crippen LogP contribution in [0.4, 0.5) is 5.82 Å². The van der Waals surface area contributed by atoms with Gasteiger partial charge in [0.25, 0.3) is 0 Å². The van der Waals surface area contributed by atoms with Crippen LogP contribution in [0.2, 0.25) is 0 Å². The minimum Gasteiger partial charge on any atom is -0.384 e. The van der Waals surface area contributed by atoms with Gasteiger partial charge >= 0.3 is 0 Å². The maximum Gasteiger partial charge on any atom is 0.123 e. The molecule has 2 nitrogen and oxygen atoms in total. The van der Waals surface area contributed by atoms with Gasteiger partial charge < -0.3 is 5.73 Å². The molecule has 84 valence electrons. The maximum absolute atomic E-state index is 5.54. The number of aromatic nitrogens is 1. The van der Waals surface area contributed by atoms with Crippen LogP contribution < -0.4 is 5.73 Å². The molecule has 0 saturated heterocycles. The van der Waals surface area contributed by atoms with Crippen LogP contribution in [0.1, 0.15) is 16.7 Å². The van der Waals surface area contributed by atoms with Crippen LogP contribution in [-0.4, -0.2) is 4.98 Å². The second-order valence-corrected chi connectivity index (χ2v) is 5.73. The highest BCUT2D eigenvalue weighted by Gasteiger charge is 2.00. The lowest BCUT2D eigenvalue weighted by Gasteiger charge is -1.99. The molecule has 0 saturated carbocycles. The minimum absolute atomic E-state index is 0.578. The second kappa shape index (κ2) is 5.37. The van der Waals surface area contributed by atoms with Gasteiger partial charge in [0.2, 0.25) is 0 Å². The number of thiophene rings is 1. The summed E-state index contributed by atoms with van der Waals surface area (Å²) in [5, 5.41) is 0. The van der Waals surface area contributed by atoms with Crippen molar-refractivity contribution in [2.45, 2.75) is 24.0 Å². The zero-order chi connectivity index (χ0) is 11.4. The Labute approximate surface area is 104 Å². The van der Waals surface area contributed by atoms with Gasteiger partial charge in [-0.15, -0.1) is 23.1 Å². The molecule has 2 heterocycles. The number of nitrogens with zero attached hydrogens (tertiary/aromatic N) is 1. The molecular weight excluding hydrogens is 236 g/mol. The van der Waals surface area contributed by atoms with E-state index in [0.717, 1.165) is 12.2 Å². The van der Waals surface area contributed by atoms with E-state index in [2.05, 4.69) is 24.0 Å². The highest BCUT2D eigenvalue weighted by Crippen LogP contribution is 2.26. The Morgan fingerprint density at radius 1 is 1.25 bits per heavy atom. The summed E-state index contributed by atoms with van der Waals surface area (Å²) in [7, 11) is 0. The number of pyridine rings is 1. The largest absolute Gasteiger partial charge is 0.384 e. The number of anilines is 1. The summed E-state index contributed by atoms with van der Waals surface area (Å²) in [6, 6.07) is 8.28. The molecule has 4 heteroatoms. The van der Waals surface area contributed by atoms with E-state index in [1.807, 2.05) is 29.7 Å². The van der Waals surface area contributed by atoms with Crippen molar-refractivity contribution in [3.63, 3.8) is 0 Å². The molecule has 0 aliphatic rings. The topological polar surface area (TPSA) is 38.9 Å². The summed E-state index contributed by atoms with van der Waals surface area (Å²) in [4.78, 5) is 8.11. The van der Waals surface area contributed by atoms with E-state index < -0.39 is 0 Å². The molecule has 0 bridgehead atoms. The fourth-order valence-electron chi connectivity index (χ4n) is 1.32. The van der Waals surface area contributed by atoms with E-state index in [9.17, 15) is 0 Å². The fourth-order valence-corrected chi connectivity index (χ4v) is 3.18. The van der Waals surface area contributed by atoms with Gasteiger partial charge in [0, 0.05) is 26.6 Å². The van der Waals surface area contributed by atoms with E-state index in [1.54, 1.807) is 11.8 Å². The lowest BCUT2D eigenvalue weighted by atomic mass is 10.4. The second-order valence-electron chi connectivity index (χ2n) is 3.43. The summed E-state index contributed by atoms with van der Waals surface area (Å²) in [6.07, 6.45) is 2.95. The van der Waals surface area contributed by atoms with Gasteiger partial charge in [0.05, 0.1) is 0 Å². The van der Waals surface area contributed by atoms with E-state index >= 15 is 0 Å². The number of rotatable bonds is 4. The molecule has 0 fully saturated rings. The van der Waals surface area contributed by atoms with Gasteiger partial charge in [0.15, 0.2) is 0 Å². The lowest BCUT2D eigenvalue weighted by molar-refractivity contribution is 1.19. The first kappa shape index (κ1) is 11.5. The summed E-state index contributed by atoms with van der Waals surface area (Å²) in [5.41, 5.74) is 5.54. The van der Waals surface area contributed by atoms with Crippen molar-refractivity contribution in [3.8, 4) is 0 Å². The molecule has 0 aliphatic heterocycles. The minimum atomic E-state index is 0.578. The van der Waals surface area contributed by atoms with Gasteiger partial charge in [-0.25, -0.2) is 4.98 Å². The summed E-state index contributed by atoms with van der Waals surface area (Å²) < 4.78 is 0. The van der Waals surface area contributed by atoms with Gasteiger partial charge in [-0.3, -0.25) is 0 Å². The van der Waals surface area contributed by atoms with Crippen molar-refractivity contribution in [3.05, 3.63) is 40.2 Å². The quantitative estimate of drug-likeness (QED) is 0.843. The van der Waals surface area contributed by atoms with Crippen molar-refractivity contribution >= 4 is 28.9 Å². The third-order valence-corrected chi connectivity index (χ3v) is 4.65. The third kappa shape index (κ3) is 3.00. The first-order chi connectivity index (χ1) is 7.78. The molecule has 0 atom stereocenters. The van der Waals surface area contributed by atoms with Crippen LogP contribution in [0, 0.1) is 0 Å². The molecule has 2 aromatic heterocycles. The first-order valence-corrected chi connectivity index (χ1v) is 7.00. The Hall–Kier alpha value is -1.00. The number of aryl methyl sites for hydroxylation is 1. The summed E-state index contributed by atoms with van der Waals surface area (Å²) in [6.45, 7) is 2.19. The number of thioether (sulfide) groups is 1. The molecule has 2 N–H and O–H groups in total. The number of hydrogen-bond acceptors (Lipinski definition) is 4. The molecule has 0 amide bonds.